The van der Waals surface area contributed by atoms with E-state index >= 15 is 0 Å². The molecule has 8 aromatic carbocycles. The van der Waals surface area contributed by atoms with Crippen molar-refractivity contribution in [2.24, 2.45) is 0 Å². The van der Waals surface area contributed by atoms with Gasteiger partial charge < -0.3 is 0 Å². The number of fused-ring (bicyclic) bond motifs is 6. The van der Waals surface area contributed by atoms with Gasteiger partial charge in [-0.1, -0.05) is 166 Å². The van der Waals surface area contributed by atoms with Crippen LogP contribution in [0.15, 0.2) is 212 Å². The van der Waals surface area contributed by atoms with Gasteiger partial charge in [-0.3, -0.25) is 4.98 Å². The lowest BCUT2D eigenvalue weighted by Crippen LogP contribution is -2.25. The summed E-state index contributed by atoms with van der Waals surface area (Å²) in [5.41, 5.74) is 18.6. The van der Waals surface area contributed by atoms with E-state index in [-0.39, 0.29) is 5.41 Å². The Morgan fingerprint density at radius 2 is 1.02 bits per heavy atom. The highest BCUT2D eigenvalue weighted by atomic mass is 15.6. The first-order valence-electron chi connectivity index (χ1n) is 20.4. The summed E-state index contributed by atoms with van der Waals surface area (Å²) < 4.78 is 2.49. The molecule has 0 aliphatic heterocycles. The fraction of sp³-hybridized carbons (Fsp3) is 0.0536. The topological polar surface area (TPSA) is 21.1 Å². The zero-order valence-electron chi connectivity index (χ0n) is 33.0. The van der Waals surface area contributed by atoms with Crippen LogP contribution in [0, 0.1) is 0 Å². The number of hydrogen-bond donors (Lipinski definition) is 0. The molecule has 0 atom stereocenters. The third kappa shape index (κ3) is 5.77. The molecule has 0 spiro atoms. The van der Waals surface area contributed by atoms with Crippen molar-refractivity contribution in [3.05, 3.63) is 224 Å². The van der Waals surface area contributed by atoms with Crippen molar-refractivity contribution in [1.29, 1.82) is 0 Å². The maximum atomic E-state index is 4.69. The number of anilines is 2. The Hall–Kier alpha value is -7.49. The number of pyridine rings is 1. The van der Waals surface area contributed by atoms with Crippen LogP contribution in [0.3, 0.4) is 0 Å². The molecule has 280 valence electrons. The molecule has 0 N–H and O–H groups in total. The molecule has 3 heteroatoms. The van der Waals surface area contributed by atoms with Gasteiger partial charge in [-0.2, -0.15) is 0 Å². The van der Waals surface area contributed by atoms with Crippen LogP contribution in [0.2, 0.25) is 0 Å². The molecule has 2 heterocycles. The van der Waals surface area contributed by atoms with Crippen molar-refractivity contribution in [3.63, 3.8) is 0 Å². The van der Waals surface area contributed by atoms with Gasteiger partial charge >= 0.3 is 0 Å². The van der Waals surface area contributed by atoms with Crippen molar-refractivity contribution in [1.82, 2.24) is 9.66 Å². The minimum Gasteiger partial charge on any atom is -0.256 e. The number of nitrogens with zero attached hydrogens (tertiary/aromatic N) is 3. The molecule has 11 rings (SSSR count). The van der Waals surface area contributed by atoms with Crippen molar-refractivity contribution >= 4 is 33.2 Å². The third-order valence-corrected chi connectivity index (χ3v) is 12.2. The molecule has 1 aliphatic carbocycles. The minimum atomic E-state index is -0.169. The summed E-state index contributed by atoms with van der Waals surface area (Å²) in [6.07, 6.45) is 1.86. The van der Waals surface area contributed by atoms with Crippen LogP contribution in [0.1, 0.15) is 25.0 Å². The molecule has 0 bridgehead atoms. The first kappa shape index (κ1) is 34.7. The fourth-order valence-corrected chi connectivity index (χ4v) is 9.29. The Balaban J connectivity index is 1.25. The Morgan fingerprint density at radius 1 is 0.407 bits per heavy atom. The summed E-state index contributed by atoms with van der Waals surface area (Å²) in [7, 11) is 0. The van der Waals surface area contributed by atoms with Crippen LogP contribution in [0.4, 0.5) is 11.4 Å². The van der Waals surface area contributed by atoms with Crippen molar-refractivity contribution in [3.8, 4) is 55.8 Å². The molecule has 0 radical (unpaired) electrons. The van der Waals surface area contributed by atoms with Crippen LogP contribution >= 0.6 is 0 Å². The fourth-order valence-electron chi connectivity index (χ4n) is 9.29. The van der Waals surface area contributed by atoms with E-state index in [4.69, 9.17) is 0 Å². The summed E-state index contributed by atoms with van der Waals surface area (Å²) in [4.78, 5) is 4.69. The summed E-state index contributed by atoms with van der Waals surface area (Å²) >= 11 is 0. The van der Waals surface area contributed by atoms with Gasteiger partial charge in [0.1, 0.15) is 0 Å². The highest BCUT2D eigenvalue weighted by Crippen LogP contribution is 2.51. The van der Waals surface area contributed by atoms with Crippen LogP contribution in [-0.4, -0.2) is 9.66 Å². The second-order valence-electron chi connectivity index (χ2n) is 16.0. The van der Waals surface area contributed by atoms with Crippen LogP contribution in [0.5, 0.6) is 0 Å². The zero-order chi connectivity index (χ0) is 39.5. The number of hydrogen-bond acceptors (Lipinski definition) is 2. The summed E-state index contributed by atoms with van der Waals surface area (Å²) in [6, 6.07) is 75.0. The lowest BCUT2D eigenvalue weighted by molar-refractivity contribution is 0.660. The first-order chi connectivity index (χ1) is 29.0. The molecule has 0 amide bonds. The van der Waals surface area contributed by atoms with Gasteiger partial charge in [-0.05, 0) is 105 Å². The Morgan fingerprint density at radius 3 is 1.73 bits per heavy atom. The molecular formula is C56H41N3. The molecule has 0 unspecified atom stereocenters. The SMILES string of the molecule is CC1(C)c2ccccc2-c2ccc(N(c3ccc(-c4ccccn4)cc3)n3c4cc(-c5ccccc5)ccc4c4cc(-c5ccccc5)cc(-c5ccccc5)c43)cc21. The van der Waals surface area contributed by atoms with Gasteiger partial charge in [0.05, 0.1) is 28.1 Å². The van der Waals surface area contributed by atoms with E-state index in [1.165, 1.54) is 66.4 Å². The van der Waals surface area contributed by atoms with Crippen LogP contribution in [0.25, 0.3) is 77.6 Å². The number of rotatable bonds is 7. The average molecular weight is 756 g/mol. The normalized spacial score (nSPS) is 12.7. The highest BCUT2D eigenvalue weighted by Gasteiger charge is 2.36. The van der Waals surface area contributed by atoms with E-state index in [2.05, 4.69) is 223 Å². The number of benzene rings is 8. The smallest absolute Gasteiger partial charge is 0.0795 e. The van der Waals surface area contributed by atoms with E-state index < -0.39 is 0 Å². The molecule has 0 fully saturated rings. The summed E-state index contributed by atoms with van der Waals surface area (Å²) in [5, 5.41) is 4.83. The molecule has 0 saturated heterocycles. The van der Waals surface area contributed by atoms with Crippen LogP contribution in [-0.2, 0) is 5.41 Å². The Bertz CT molecular complexity index is 3150. The molecule has 3 nitrogen and oxygen atoms in total. The maximum absolute atomic E-state index is 4.69. The molecule has 0 saturated carbocycles. The summed E-state index contributed by atoms with van der Waals surface area (Å²) in [6.45, 7) is 4.72. The second-order valence-corrected chi connectivity index (χ2v) is 16.0. The van der Waals surface area contributed by atoms with E-state index in [0.29, 0.717) is 0 Å². The second kappa shape index (κ2) is 13.9. The van der Waals surface area contributed by atoms with Crippen LogP contribution < -0.4 is 5.01 Å². The predicted octanol–water partition coefficient (Wildman–Crippen LogP) is 14.8. The van der Waals surface area contributed by atoms with E-state index in [9.17, 15) is 0 Å². The van der Waals surface area contributed by atoms with Gasteiger partial charge in [-0.15, -0.1) is 0 Å². The maximum Gasteiger partial charge on any atom is 0.0795 e. The average Bonchev–Trinajstić information content (AvgIpc) is 3.75. The lowest BCUT2D eigenvalue weighted by Gasteiger charge is -2.31. The first-order valence-corrected chi connectivity index (χ1v) is 20.4. The molecule has 10 aromatic rings. The Kier molecular flexibility index (Phi) is 8.16. The number of aromatic nitrogens is 2. The van der Waals surface area contributed by atoms with Gasteiger partial charge in [0.2, 0.25) is 0 Å². The summed E-state index contributed by atoms with van der Waals surface area (Å²) in [5.74, 6) is 0. The van der Waals surface area contributed by atoms with Crippen molar-refractivity contribution < 1.29 is 0 Å². The van der Waals surface area contributed by atoms with Gasteiger partial charge in [0.15, 0.2) is 0 Å². The van der Waals surface area contributed by atoms with Gasteiger partial charge in [0.25, 0.3) is 0 Å². The van der Waals surface area contributed by atoms with E-state index in [0.717, 1.165) is 33.7 Å². The lowest BCUT2D eigenvalue weighted by atomic mass is 9.82. The quantitative estimate of drug-likeness (QED) is 0.162. The monoisotopic (exact) mass is 755 g/mol. The molecule has 2 aromatic heterocycles. The van der Waals surface area contributed by atoms with Gasteiger partial charge in [-0.25, -0.2) is 9.69 Å². The molecule has 1 aliphatic rings. The highest BCUT2D eigenvalue weighted by molar-refractivity contribution is 6.15. The minimum absolute atomic E-state index is 0.169. The third-order valence-electron chi connectivity index (χ3n) is 12.2. The van der Waals surface area contributed by atoms with E-state index in [1.54, 1.807) is 0 Å². The molecular weight excluding hydrogens is 715 g/mol. The van der Waals surface area contributed by atoms with E-state index in [1.807, 2.05) is 18.3 Å². The molecule has 59 heavy (non-hydrogen) atoms. The zero-order valence-corrected chi connectivity index (χ0v) is 33.0. The van der Waals surface area contributed by atoms with Crippen molar-refractivity contribution in [2.75, 3.05) is 5.01 Å². The van der Waals surface area contributed by atoms with Crippen molar-refractivity contribution in [2.45, 2.75) is 19.3 Å². The Labute approximate surface area is 345 Å². The largest absolute Gasteiger partial charge is 0.256 e. The standard InChI is InChI=1S/C56H41N3/c1-56(2)51-23-13-12-22-46(51)47-32-30-45(37-52(47)56)58(44-28-25-41(26-29-44)53-24-14-15-33-57-53)59-54-36-42(38-16-6-3-7-17-38)27-31-48(54)50-35-43(39-18-8-4-9-19-39)34-49(55(50)59)40-20-10-5-11-21-40/h3-37H,1-2H3. The van der Waals surface area contributed by atoms with Gasteiger partial charge in [0, 0.05) is 33.5 Å². The predicted molar refractivity (Wildman–Crippen MR) is 247 cm³/mol.